The standard InChI is InChI=1S/C14H14/c1-2-6-12(7-3-1)14-10-11-5-4-8-13(14)9-11/h1-4,6-8,10-11,13H,5,9H2. The molecular weight excluding hydrogens is 168 g/mol. The lowest BCUT2D eigenvalue weighted by Gasteiger charge is -2.14. The number of hydrogen-bond acceptors (Lipinski definition) is 0. The Balaban J connectivity index is 2.01. The van der Waals surface area contributed by atoms with Crippen LogP contribution in [0.4, 0.5) is 0 Å². The zero-order valence-corrected chi connectivity index (χ0v) is 8.19. The van der Waals surface area contributed by atoms with E-state index in [1.165, 1.54) is 18.4 Å². The Hall–Kier alpha value is -1.30. The van der Waals surface area contributed by atoms with E-state index >= 15 is 0 Å². The lowest BCUT2D eigenvalue weighted by atomic mass is 9.90. The molecule has 1 aromatic carbocycles. The molecule has 0 radical (unpaired) electrons. The first-order valence-electron chi connectivity index (χ1n) is 5.37. The van der Waals surface area contributed by atoms with Crippen LogP contribution in [0.1, 0.15) is 18.4 Å². The van der Waals surface area contributed by atoms with E-state index in [-0.39, 0.29) is 0 Å². The van der Waals surface area contributed by atoms with E-state index in [1.54, 1.807) is 5.57 Å². The van der Waals surface area contributed by atoms with Crippen LogP contribution in [-0.4, -0.2) is 0 Å². The third-order valence-electron chi connectivity index (χ3n) is 3.29. The zero-order chi connectivity index (χ0) is 9.38. The topological polar surface area (TPSA) is 0 Å². The largest absolute Gasteiger partial charge is 0.0873 e. The molecule has 2 bridgehead atoms. The van der Waals surface area contributed by atoms with Crippen molar-refractivity contribution >= 4 is 5.57 Å². The maximum atomic E-state index is 2.47. The lowest BCUT2D eigenvalue weighted by Crippen LogP contribution is -2.01. The van der Waals surface area contributed by atoms with Crippen molar-refractivity contribution in [1.82, 2.24) is 0 Å². The zero-order valence-electron chi connectivity index (χ0n) is 8.19. The first kappa shape index (κ1) is 8.05. The number of benzene rings is 1. The summed E-state index contributed by atoms with van der Waals surface area (Å²) in [6, 6.07) is 10.8. The maximum Gasteiger partial charge on any atom is 0.00265 e. The lowest BCUT2D eigenvalue weighted by molar-refractivity contribution is 0.565. The summed E-state index contributed by atoms with van der Waals surface area (Å²) >= 11 is 0. The Morgan fingerprint density at radius 2 is 1.93 bits per heavy atom. The van der Waals surface area contributed by atoms with Crippen molar-refractivity contribution < 1.29 is 0 Å². The average Bonchev–Trinajstić information content (AvgIpc) is 2.55. The predicted octanol–water partition coefficient (Wildman–Crippen LogP) is 3.67. The normalized spacial score (nSPS) is 29.0. The Morgan fingerprint density at radius 1 is 1.07 bits per heavy atom. The first-order valence-corrected chi connectivity index (χ1v) is 5.37. The van der Waals surface area contributed by atoms with Crippen molar-refractivity contribution in [3.05, 3.63) is 54.1 Å². The van der Waals surface area contributed by atoms with Crippen LogP contribution in [0, 0.1) is 11.8 Å². The second-order valence-corrected chi connectivity index (χ2v) is 4.25. The van der Waals surface area contributed by atoms with Crippen LogP contribution in [0.25, 0.3) is 5.57 Å². The van der Waals surface area contributed by atoms with Gasteiger partial charge in [0.2, 0.25) is 0 Å². The van der Waals surface area contributed by atoms with Crippen molar-refractivity contribution in [2.45, 2.75) is 12.8 Å². The van der Waals surface area contributed by atoms with Gasteiger partial charge in [-0.25, -0.2) is 0 Å². The quantitative estimate of drug-likeness (QED) is 0.581. The van der Waals surface area contributed by atoms with Crippen molar-refractivity contribution in [1.29, 1.82) is 0 Å². The molecule has 0 heteroatoms. The minimum Gasteiger partial charge on any atom is -0.0873 e. The summed E-state index contributed by atoms with van der Waals surface area (Å²) in [5, 5.41) is 0. The van der Waals surface area contributed by atoms with E-state index in [1.807, 2.05) is 0 Å². The Labute approximate surface area is 85.0 Å². The van der Waals surface area contributed by atoms with Crippen molar-refractivity contribution in [3.63, 3.8) is 0 Å². The first-order chi connectivity index (χ1) is 6.93. The third-order valence-corrected chi connectivity index (χ3v) is 3.29. The fourth-order valence-corrected chi connectivity index (χ4v) is 2.60. The van der Waals surface area contributed by atoms with Crippen LogP contribution in [0.2, 0.25) is 0 Å². The Morgan fingerprint density at radius 3 is 2.71 bits per heavy atom. The molecule has 0 fully saturated rings. The van der Waals surface area contributed by atoms with Gasteiger partial charge in [-0.1, -0.05) is 48.6 Å². The highest BCUT2D eigenvalue weighted by molar-refractivity contribution is 5.71. The van der Waals surface area contributed by atoms with Crippen LogP contribution in [0.15, 0.2) is 48.6 Å². The fraction of sp³-hybridized carbons (Fsp3) is 0.286. The molecule has 2 atom stereocenters. The van der Waals surface area contributed by atoms with Crippen LogP contribution in [0.5, 0.6) is 0 Å². The highest BCUT2D eigenvalue weighted by Gasteiger charge is 2.27. The molecule has 2 aliphatic rings. The van der Waals surface area contributed by atoms with Crippen LogP contribution >= 0.6 is 0 Å². The summed E-state index contributed by atoms with van der Waals surface area (Å²) in [6.07, 6.45) is 9.77. The van der Waals surface area contributed by atoms with Crippen LogP contribution in [-0.2, 0) is 0 Å². The average molecular weight is 182 g/mol. The van der Waals surface area contributed by atoms with Gasteiger partial charge in [0.1, 0.15) is 0 Å². The van der Waals surface area contributed by atoms with Crippen molar-refractivity contribution in [2.24, 2.45) is 11.8 Å². The number of rotatable bonds is 1. The molecule has 70 valence electrons. The monoisotopic (exact) mass is 182 g/mol. The van der Waals surface area contributed by atoms with Crippen LogP contribution in [0.3, 0.4) is 0 Å². The highest BCUT2D eigenvalue weighted by Crippen LogP contribution is 2.42. The Kier molecular flexibility index (Phi) is 1.80. The van der Waals surface area contributed by atoms with E-state index in [0.717, 1.165) is 5.92 Å². The van der Waals surface area contributed by atoms with Crippen LogP contribution < -0.4 is 0 Å². The molecule has 2 aliphatic carbocycles. The van der Waals surface area contributed by atoms with Gasteiger partial charge in [-0.15, -0.1) is 0 Å². The second kappa shape index (κ2) is 3.13. The minimum absolute atomic E-state index is 0.691. The number of fused-ring (bicyclic) bond motifs is 2. The smallest absolute Gasteiger partial charge is 0.00265 e. The number of allylic oxidation sites excluding steroid dienone is 4. The van der Waals surface area contributed by atoms with Gasteiger partial charge in [0.15, 0.2) is 0 Å². The SMILES string of the molecule is C1=CC2CC(C=C2c2ccccc2)C1. The molecule has 0 nitrogen and oxygen atoms in total. The predicted molar refractivity (Wildman–Crippen MR) is 59.8 cm³/mol. The van der Waals surface area contributed by atoms with Crippen molar-refractivity contribution in [3.8, 4) is 0 Å². The van der Waals surface area contributed by atoms with Gasteiger partial charge in [0, 0.05) is 5.92 Å². The summed E-state index contributed by atoms with van der Waals surface area (Å²) in [5.74, 6) is 1.50. The molecule has 0 saturated heterocycles. The van der Waals surface area contributed by atoms with E-state index in [2.05, 4.69) is 48.6 Å². The summed E-state index contributed by atoms with van der Waals surface area (Å²) in [4.78, 5) is 0. The summed E-state index contributed by atoms with van der Waals surface area (Å²) in [6.45, 7) is 0. The molecule has 3 rings (SSSR count). The van der Waals surface area contributed by atoms with Crippen molar-refractivity contribution in [2.75, 3.05) is 0 Å². The van der Waals surface area contributed by atoms with Gasteiger partial charge in [0.05, 0.1) is 0 Å². The van der Waals surface area contributed by atoms with Gasteiger partial charge in [-0.05, 0) is 29.9 Å². The maximum absolute atomic E-state index is 2.47. The molecule has 0 heterocycles. The Bertz CT molecular complexity index is 384. The van der Waals surface area contributed by atoms with E-state index in [4.69, 9.17) is 0 Å². The minimum atomic E-state index is 0.691. The summed E-state index contributed by atoms with van der Waals surface area (Å²) in [7, 11) is 0. The molecule has 14 heavy (non-hydrogen) atoms. The van der Waals surface area contributed by atoms with Gasteiger partial charge in [-0.2, -0.15) is 0 Å². The molecule has 2 unspecified atom stereocenters. The molecule has 0 spiro atoms. The molecule has 0 N–H and O–H groups in total. The summed E-state index contributed by atoms with van der Waals surface area (Å²) < 4.78 is 0. The van der Waals surface area contributed by atoms with Gasteiger partial charge >= 0.3 is 0 Å². The molecule has 0 amide bonds. The molecule has 1 aromatic rings. The van der Waals surface area contributed by atoms with Gasteiger partial charge < -0.3 is 0 Å². The number of hydrogen-bond donors (Lipinski definition) is 0. The fourth-order valence-electron chi connectivity index (χ4n) is 2.60. The molecular formula is C14H14. The molecule has 0 aliphatic heterocycles. The molecule has 0 aromatic heterocycles. The second-order valence-electron chi connectivity index (χ2n) is 4.25. The van der Waals surface area contributed by atoms with E-state index in [9.17, 15) is 0 Å². The van der Waals surface area contributed by atoms with E-state index < -0.39 is 0 Å². The van der Waals surface area contributed by atoms with E-state index in [0.29, 0.717) is 5.92 Å². The van der Waals surface area contributed by atoms with Gasteiger partial charge in [0.25, 0.3) is 0 Å². The molecule has 0 saturated carbocycles. The van der Waals surface area contributed by atoms with Gasteiger partial charge in [-0.3, -0.25) is 0 Å². The third kappa shape index (κ3) is 1.22. The summed E-state index contributed by atoms with van der Waals surface area (Å²) in [5.41, 5.74) is 2.95. The highest BCUT2D eigenvalue weighted by atomic mass is 14.3.